The van der Waals surface area contributed by atoms with E-state index in [2.05, 4.69) is 15.5 Å². The number of rotatable bonds is 8. The molecule has 1 aromatic heterocycles. The summed E-state index contributed by atoms with van der Waals surface area (Å²) in [6, 6.07) is 13.0. The summed E-state index contributed by atoms with van der Waals surface area (Å²) in [5, 5.41) is 10.9. The van der Waals surface area contributed by atoms with Gasteiger partial charge in [0.05, 0.1) is 24.0 Å². The van der Waals surface area contributed by atoms with Crippen molar-refractivity contribution in [1.29, 1.82) is 0 Å². The Morgan fingerprint density at radius 2 is 1.89 bits per heavy atom. The van der Waals surface area contributed by atoms with E-state index in [1.807, 2.05) is 37.3 Å². The summed E-state index contributed by atoms with van der Waals surface area (Å²) in [5.74, 6) is -0.892. The van der Waals surface area contributed by atoms with Gasteiger partial charge in [0.2, 0.25) is 0 Å². The molecule has 1 aliphatic heterocycles. The van der Waals surface area contributed by atoms with E-state index in [-0.39, 0.29) is 18.0 Å². The molecule has 1 saturated heterocycles. The van der Waals surface area contributed by atoms with Gasteiger partial charge >= 0.3 is 6.03 Å². The number of benzene rings is 2. The second kappa shape index (κ2) is 10.4. The van der Waals surface area contributed by atoms with Gasteiger partial charge in [-0.2, -0.15) is 5.10 Å². The molecule has 0 radical (unpaired) electrons. The van der Waals surface area contributed by atoms with Crippen LogP contribution in [-0.4, -0.2) is 60.1 Å². The molecule has 2 fully saturated rings. The van der Waals surface area contributed by atoms with Crippen LogP contribution in [0.1, 0.15) is 41.5 Å². The van der Waals surface area contributed by atoms with Gasteiger partial charge in [0.1, 0.15) is 5.82 Å². The van der Waals surface area contributed by atoms with E-state index < -0.39 is 11.6 Å². The quantitative estimate of drug-likeness (QED) is 0.480. The zero-order valence-electron chi connectivity index (χ0n) is 20.5. The number of anilines is 1. The van der Waals surface area contributed by atoms with Gasteiger partial charge in [0, 0.05) is 44.1 Å². The maximum Gasteiger partial charge on any atom is 0.320 e. The summed E-state index contributed by atoms with van der Waals surface area (Å²) in [6.07, 6.45) is 2.21. The first kappa shape index (κ1) is 24.4. The minimum absolute atomic E-state index is 0.190. The predicted octanol–water partition coefficient (Wildman–Crippen LogP) is 4.57. The highest BCUT2D eigenvalue weighted by Crippen LogP contribution is 2.43. The van der Waals surface area contributed by atoms with Crippen molar-refractivity contribution in [2.24, 2.45) is 0 Å². The van der Waals surface area contributed by atoms with Crippen molar-refractivity contribution in [2.45, 2.75) is 37.6 Å². The van der Waals surface area contributed by atoms with Crippen molar-refractivity contribution in [1.82, 2.24) is 20.0 Å². The molecule has 0 spiro atoms. The van der Waals surface area contributed by atoms with Crippen LogP contribution in [0, 0.1) is 18.6 Å². The Morgan fingerprint density at radius 3 is 2.58 bits per heavy atom. The van der Waals surface area contributed by atoms with Gasteiger partial charge in [0.25, 0.3) is 0 Å². The molecule has 1 aliphatic carbocycles. The van der Waals surface area contributed by atoms with Gasteiger partial charge in [-0.3, -0.25) is 10.2 Å². The van der Waals surface area contributed by atoms with Crippen molar-refractivity contribution in [2.75, 3.05) is 38.7 Å². The van der Waals surface area contributed by atoms with Crippen LogP contribution in [-0.2, 0) is 4.74 Å². The van der Waals surface area contributed by atoms with Gasteiger partial charge in [0.15, 0.2) is 11.6 Å². The Morgan fingerprint density at radius 1 is 1.11 bits per heavy atom. The molecular weight excluding hydrogens is 464 g/mol. The Bertz CT molecular complexity index is 1230. The summed E-state index contributed by atoms with van der Waals surface area (Å²) in [6.45, 7) is 4.39. The van der Waals surface area contributed by atoms with Crippen molar-refractivity contribution < 1.29 is 18.3 Å². The Kier molecular flexibility index (Phi) is 7.02. The van der Waals surface area contributed by atoms with Gasteiger partial charge in [-0.1, -0.05) is 24.3 Å². The lowest BCUT2D eigenvalue weighted by Crippen LogP contribution is -2.42. The molecule has 2 atom stereocenters. The Hall–Kier alpha value is -3.30. The summed E-state index contributed by atoms with van der Waals surface area (Å²) >= 11 is 0. The predicted molar refractivity (Wildman–Crippen MR) is 134 cm³/mol. The van der Waals surface area contributed by atoms with Crippen molar-refractivity contribution in [3.05, 3.63) is 77.0 Å². The van der Waals surface area contributed by atoms with Crippen LogP contribution in [0.15, 0.2) is 48.5 Å². The molecule has 9 heteroatoms. The third-order valence-electron chi connectivity index (χ3n) is 7.05. The number of aromatic nitrogens is 2. The van der Waals surface area contributed by atoms with Crippen LogP contribution in [0.25, 0.3) is 5.69 Å². The number of nitrogens with zero attached hydrogens (tertiary/aromatic N) is 3. The van der Waals surface area contributed by atoms with E-state index >= 15 is 0 Å². The number of urea groups is 1. The number of carbonyl (C=O) groups excluding carboxylic acids is 1. The van der Waals surface area contributed by atoms with Crippen molar-refractivity contribution in [3.63, 3.8) is 0 Å². The molecule has 36 heavy (non-hydrogen) atoms. The highest BCUT2D eigenvalue weighted by Gasteiger charge is 2.36. The molecule has 0 unspecified atom stereocenters. The fraction of sp³-hybridized carbons (Fsp3) is 0.407. The van der Waals surface area contributed by atoms with Crippen LogP contribution in [0.3, 0.4) is 0 Å². The lowest BCUT2D eigenvalue weighted by atomic mass is 9.94. The molecule has 0 bridgehead atoms. The zero-order chi connectivity index (χ0) is 25.2. The smallest absolute Gasteiger partial charge is 0.320 e. The van der Waals surface area contributed by atoms with E-state index in [9.17, 15) is 13.6 Å². The third-order valence-corrected chi connectivity index (χ3v) is 7.05. The summed E-state index contributed by atoms with van der Waals surface area (Å²) in [4.78, 5) is 15.4. The summed E-state index contributed by atoms with van der Waals surface area (Å²) < 4.78 is 34.6. The fourth-order valence-corrected chi connectivity index (χ4v) is 4.99. The fourth-order valence-electron chi connectivity index (χ4n) is 4.99. The van der Waals surface area contributed by atoms with Crippen LogP contribution in [0.2, 0.25) is 0 Å². The van der Waals surface area contributed by atoms with E-state index in [4.69, 9.17) is 9.84 Å². The van der Waals surface area contributed by atoms with Gasteiger partial charge in [-0.05, 0) is 49.6 Å². The first-order valence-electron chi connectivity index (χ1n) is 12.3. The SMILES string of the molecule is COCCN1C[C@@H](NC(=O)Nc2c(C)c(C3CC3)nn2-c2ccccc2)[C@H](c2ccc(F)c(F)c2)C1. The maximum atomic E-state index is 14.0. The normalized spacial score (nSPS) is 20.0. The number of halogens is 2. The second-order valence-electron chi connectivity index (χ2n) is 9.62. The van der Waals surface area contributed by atoms with Crippen molar-refractivity contribution in [3.8, 4) is 5.69 Å². The van der Waals surface area contributed by atoms with Gasteiger partial charge < -0.3 is 10.1 Å². The van der Waals surface area contributed by atoms with E-state index in [0.29, 0.717) is 43.5 Å². The molecule has 2 amide bonds. The number of nitrogens with one attached hydrogen (secondary N) is 2. The van der Waals surface area contributed by atoms with Crippen molar-refractivity contribution >= 4 is 11.8 Å². The minimum atomic E-state index is -0.888. The second-order valence-corrected chi connectivity index (χ2v) is 9.62. The lowest BCUT2D eigenvalue weighted by molar-refractivity contribution is 0.159. The van der Waals surface area contributed by atoms with E-state index in [1.165, 1.54) is 6.07 Å². The summed E-state index contributed by atoms with van der Waals surface area (Å²) in [7, 11) is 1.64. The molecule has 2 aliphatic rings. The number of likely N-dealkylation sites (tertiary alicyclic amines) is 1. The number of amides is 2. The largest absolute Gasteiger partial charge is 0.383 e. The zero-order valence-corrected chi connectivity index (χ0v) is 20.5. The molecule has 7 nitrogen and oxygen atoms in total. The maximum absolute atomic E-state index is 14.0. The van der Waals surface area contributed by atoms with Crippen LogP contribution >= 0.6 is 0 Å². The molecule has 190 valence electrons. The van der Waals surface area contributed by atoms with Gasteiger partial charge in [-0.15, -0.1) is 0 Å². The number of carbonyl (C=O) groups is 1. The highest BCUT2D eigenvalue weighted by atomic mass is 19.2. The topological polar surface area (TPSA) is 71.4 Å². The molecule has 2 N–H and O–H groups in total. The molecular formula is C27H31F2N5O2. The lowest BCUT2D eigenvalue weighted by Gasteiger charge is -2.21. The third kappa shape index (κ3) is 5.12. The van der Waals surface area contributed by atoms with E-state index in [1.54, 1.807) is 17.9 Å². The Balaban J connectivity index is 1.37. The number of ether oxygens (including phenoxy) is 1. The molecule has 2 heterocycles. The molecule has 2 aromatic carbocycles. The first-order chi connectivity index (χ1) is 17.4. The molecule has 1 saturated carbocycles. The van der Waals surface area contributed by atoms with Crippen LogP contribution in [0.4, 0.5) is 19.4 Å². The summed E-state index contributed by atoms with van der Waals surface area (Å²) in [5.41, 5.74) is 3.50. The molecule has 5 rings (SSSR count). The number of methoxy groups -OCH3 is 1. The monoisotopic (exact) mass is 495 g/mol. The number of hydrogen-bond donors (Lipinski definition) is 2. The van der Waals surface area contributed by atoms with Crippen LogP contribution in [0.5, 0.6) is 0 Å². The van der Waals surface area contributed by atoms with E-state index in [0.717, 1.165) is 35.9 Å². The minimum Gasteiger partial charge on any atom is -0.383 e. The molecule has 3 aromatic rings. The Labute approximate surface area is 209 Å². The standard InChI is InChI=1S/C27H31F2N5O2/c1-17-25(18-8-9-18)32-34(20-6-4-3-5-7-20)26(17)31-27(35)30-24-16-33(12-13-36-2)15-21(24)19-10-11-22(28)23(29)14-19/h3-7,10-11,14,18,21,24H,8-9,12-13,15-16H2,1-2H3,(H2,30,31,35)/t21-,24+/m0/s1. The van der Waals surface area contributed by atoms with Crippen LogP contribution < -0.4 is 10.6 Å². The van der Waals surface area contributed by atoms with Gasteiger partial charge in [-0.25, -0.2) is 18.3 Å². The number of para-hydroxylation sites is 1. The first-order valence-corrected chi connectivity index (χ1v) is 12.3. The average Bonchev–Trinajstić information content (AvgIpc) is 3.57. The average molecular weight is 496 g/mol. The highest BCUT2D eigenvalue weighted by molar-refractivity contribution is 5.90. The number of hydrogen-bond acceptors (Lipinski definition) is 4.